The van der Waals surface area contributed by atoms with Crippen molar-refractivity contribution in [2.24, 2.45) is 20.8 Å². The Hall–Kier alpha value is -5.92. The van der Waals surface area contributed by atoms with Gasteiger partial charge in [0.05, 0.1) is 55.2 Å². The molecule has 0 aliphatic heterocycles. The Labute approximate surface area is 346 Å². The zero-order valence-electron chi connectivity index (χ0n) is 36.4. The molecule has 0 saturated carbocycles. The molecule has 4 rings (SSSR count). The number of nitrogens with zero attached hydrogens (tertiary/aromatic N) is 2. The first-order chi connectivity index (χ1) is 27.8. The SMILES string of the molecule is COc1cc(OC(=O)/C(C2=CC(=NCC(C)N=C3C=C(/C(C(=O)Oc4cc(OC)c(OC)c(OC)c4)=C(/C)O)CC(C)(C)C3)CC(C)(C)C2)=C(\C)O)cc(OC)c1OC. The van der Waals surface area contributed by atoms with Crippen molar-refractivity contribution in [2.75, 3.05) is 49.2 Å². The molecule has 2 aromatic carbocycles. The zero-order chi connectivity index (χ0) is 43.8. The highest BCUT2D eigenvalue weighted by Crippen LogP contribution is 2.44. The van der Waals surface area contributed by atoms with Crippen molar-refractivity contribution in [1.82, 2.24) is 0 Å². The Kier molecular flexibility index (Phi) is 14.9. The van der Waals surface area contributed by atoms with Crippen molar-refractivity contribution < 1.29 is 57.7 Å². The Balaban J connectivity index is 1.60. The molecule has 0 aromatic heterocycles. The number of carbonyl (C=O) groups excluding carboxylic acids is 2. The second-order valence-electron chi connectivity index (χ2n) is 16.1. The lowest BCUT2D eigenvalue weighted by atomic mass is 9.74. The van der Waals surface area contributed by atoms with E-state index >= 15 is 0 Å². The predicted molar refractivity (Wildman–Crippen MR) is 226 cm³/mol. The highest BCUT2D eigenvalue weighted by molar-refractivity contribution is 6.04. The van der Waals surface area contributed by atoms with E-state index in [0.717, 1.165) is 11.4 Å². The average molecular weight is 819 g/mol. The molecule has 320 valence electrons. The number of ether oxygens (including phenoxy) is 8. The summed E-state index contributed by atoms with van der Waals surface area (Å²) in [6.07, 6.45) is 5.92. The summed E-state index contributed by atoms with van der Waals surface area (Å²) >= 11 is 0. The van der Waals surface area contributed by atoms with Gasteiger partial charge in [0.1, 0.15) is 34.2 Å². The number of rotatable bonds is 15. The van der Waals surface area contributed by atoms with Gasteiger partial charge < -0.3 is 48.1 Å². The summed E-state index contributed by atoms with van der Waals surface area (Å²) in [7, 11) is 8.81. The van der Waals surface area contributed by atoms with Gasteiger partial charge in [-0.3, -0.25) is 9.98 Å². The first-order valence-corrected chi connectivity index (χ1v) is 19.1. The third-order valence-corrected chi connectivity index (χ3v) is 9.76. The molecule has 0 fully saturated rings. The van der Waals surface area contributed by atoms with Crippen molar-refractivity contribution in [2.45, 2.75) is 80.2 Å². The first-order valence-electron chi connectivity index (χ1n) is 19.1. The highest BCUT2D eigenvalue weighted by Gasteiger charge is 2.34. The van der Waals surface area contributed by atoms with Crippen LogP contribution in [0.2, 0.25) is 0 Å². The van der Waals surface area contributed by atoms with Gasteiger partial charge in [0.15, 0.2) is 23.0 Å². The van der Waals surface area contributed by atoms with Gasteiger partial charge in [-0.25, -0.2) is 9.59 Å². The van der Waals surface area contributed by atoms with Gasteiger partial charge in [-0.15, -0.1) is 0 Å². The molecule has 2 aliphatic rings. The minimum atomic E-state index is -0.747. The summed E-state index contributed by atoms with van der Waals surface area (Å²) in [4.78, 5) is 37.3. The van der Waals surface area contributed by atoms with Crippen LogP contribution in [-0.4, -0.2) is 88.8 Å². The van der Waals surface area contributed by atoms with E-state index < -0.39 is 11.9 Å². The molecule has 2 aliphatic carbocycles. The van der Waals surface area contributed by atoms with Crippen LogP contribution >= 0.6 is 0 Å². The maximum absolute atomic E-state index is 13.7. The van der Waals surface area contributed by atoms with E-state index in [2.05, 4.69) is 27.7 Å². The number of hydrogen-bond acceptors (Lipinski definition) is 14. The summed E-state index contributed by atoms with van der Waals surface area (Å²) in [6.45, 7) is 13.5. The van der Waals surface area contributed by atoms with Crippen molar-refractivity contribution >= 4 is 23.4 Å². The van der Waals surface area contributed by atoms with Crippen LogP contribution < -0.4 is 37.9 Å². The molecule has 0 bridgehead atoms. The molecule has 14 nitrogen and oxygen atoms in total. The number of aliphatic hydroxyl groups is 2. The van der Waals surface area contributed by atoms with Crippen LogP contribution in [0, 0.1) is 10.8 Å². The van der Waals surface area contributed by atoms with Gasteiger partial charge >= 0.3 is 11.9 Å². The molecule has 2 aromatic rings. The zero-order valence-corrected chi connectivity index (χ0v) is 36.4. The predicted octanol–water partition coefficient (Wildman–Crippen LogP) is 8.68. The van der Waals surface area contributed by atoms with Crippen molar-refractivity contribution in [1.29, 1.82) is 0 Å². The second kappa shape index (κ2) is 19.2. The normalized spacial score (nSPS) is 18.7. The summed E-state index contributed by atoms with van der Waals surface area (Å²) in [5.41, 5.74) is 2.18. The molecule has 2 N–H and O–H groups in total. The minimum absolute atomic E-state index is 0.0426. The van der Waals surface area contributed by atoms with Gasteiger partial charge in [0.2, 0.25) is 11.5 Å². The monoisotopic (exact) mass is 818 g/mol. The lowest BCUT2D eigenvalue weighted by Gasteiger charge is -2.32. The van der Waals surface area contributed by atoms with Crippen molar-refractivity contribution in [3.05, 3.63) is 70.2 Å². The molecule has 0 amide bonds. The van der Waals surface area contributed by atoms with Gasteiger partial charge in [-0.1, -0.05) is 27.7 Å². The summed E-state index contributed by atoms with van der Waals surface area (Å²) < 4.78 is 43.9. The maximum atomic E-state index is 13.7. The van der Waals surface area contributed by atoms with E-state index in [9.17, 15) is 19.8 Å². The van der Waals surface area contributed by atoms with E-state index in [0.29, 0.717) is 77.9 Å². The van der Waals surface area contributed by atoms with Gasteiger partial charge in [0.25, 0.3) is 0 Å². The molecule has 0 radical (unpaired) electrons. The van der Waals surface area contributed by atoms with E-state index in [1.807, 2.05) is 19.1 Å². The summed E-state index contributed by atoms with van der Waals surface area (Å²) in [5, 5.41) is 21.6. The molecular formula is C45H58N2O12. The number of allylic oxidation sites excluding steroid dienone is 4. The molecule has 0 saturated heterocycles. The number of esters is 2. The third kappa shape index (κ3) is 11.4. The largest absolute Gasteiger partial charge is 0.512 e. The van der Waals surface area contributed by atoms with Gasteiger partial charge in [-0.2, -0.15) is 0 Å². The van der Waals surface area contributed by atoms with Crippen LogP contribution in [0.5, 0.6) is 46.0 Å². The topological polar surface area (TPSA) is 173 Å². The first kappa shape index (κ1) is 45.8. The van der Waals surface area contributed by atoms with E-state index in [1.54, 1.807) is 0 Å². The summed E-state index contributed by atoms with van der Waals surface area (Å²) in [6, 6.07) is 5.77. The van der Waals surface area contributed by atoms with Crippen LogP contribution in [0.1, 0.15) is 74.1 Å². The van der Waals surface area contributed by atoms with E-state index in [1.165, 1.54) is 80.8 Å². The van der Waals surface area contributed by atoms with Gasteiger partial charge in [0, 0.05) is 35.7 Å². The number of aliphatic imine (C=N–C) groups is 2. The quantitative estimate of drug-likeness (QED) is 0.0759. The lowest BCUT2D eigenvalue weighted by molar-refractivity contribution is -0.131. The smallest absolute Gasteiger partial charge is 0.347 e. The number of benzene rings is 2. The lowest BCUT2D eigenvalue weighted by Crippen LogP contribution is -2.27. The third-order valence-electron chi connectivity index (χ3n) is 9.76. The maximum Gasteiger partial charge on any atom is 0.347 e. The fourth-order valence-electron chi connectivity index (χ4n) is 7.39. The Morgan fingerprint density at radius 2 is 0.966 bits per heavy atom. The Morgan fingerprint density at radius 1 is 0.610 bits per heavy atom. The van der Waals surface area contributed by atoms with Gasteiger partial charge in [-0.05, 0) is 80.6 Å². The number of methoxy groups -OCH3 is 6. The molecule has 14 heteroatoms. The van der Waals surface area contributed by atoms with Crippen LogP contribution in [-0.2, 0) is 9.59 Å². The minimum Gasteiger partial charge on any atom is -0.512 e. The van der Waals surface area contributed by atoms with Crippen molar-refractivity contribution in [3.63, 3.8) is 0 Å². The molecule has 0 heterocycles. The van der Waals surface area contributed by atoms with Crippen LogP contribution in [0.3, 0.4) is 0 Å². The fraction of sp³-hybridized carbons (Fsp3) is 0.467. The Bertz CT molecular complexity index is 2060. The van der Waals surface area contributed by atoms with Crippen LogP contribution in [0.15, 0.2) is 80.2 Å². The number of hydrogen-bond donors (Lipinski definition) is 2. The molecule has 59 heavy (non-hydrogen) atoms. The van der Waals surface area contributed by atoms with Crippen LogP contribution in [0.25, 0.3) is 0 Å². The van der Waals surface area contributed by atoms with Crippen molar-refractivity contribution in [3.8, 4) is 46.0 Å². The Morgan fingerprint density at radius 3 is 1.31 bits per heavy atom. The molecule has 1 unspecified atom stereocenters. The van der Waals surface area contributed by atoms with Crippen LogP contribution in [0.4, 0.5) is 0 Å². The fourth-order valence-corrected chi connectivity index (χ4v) is 7.39. The second-order valence-corrected chi connectivity index (χ2v) is 16.1. The standard InChI is InChI=1S/C45H58N2O12/c1-25(47-31-15-29(21-45(6,7)23-31)39(27(3)49)43(51)59-33-18-36(54-10)41(57-13)37(19-33)55-11)24-46-30-14-28(20-44(4,5)22-30)38(26(2)48)42(50)58-32-16-34(52-8)40(56-12)35(17-32)53-9/h14-19,25,48-49H,20-24H2,1-13H3/b38-26+,39-27+,46-30?,47-31?. The molecule has 1 atom stereocenters. The van der Waals surface area contributed by atoms with E-state index in [-0.39, 0.29) is 51.0 Å². The number of aliphatic hydroxyl groups excluding tert-OH is 2. The summed E-state index contributed by atoms with van der Waals surface area (Å²) in [5.74, 6) is 0.363. The molecular weight excluding hydrogens is 760 g/mol. The van der Waals surface area contributed by atoms with E-state index in [4.69, 9.17) is 47.9 Å². The number of carbonyl (C=O) groups is 2. The highest BCUT2D eigenvalue weighted by atomic mass is 16.6. The average Bonchev–Trinajstić information content (AvgIpc) is 3.14. The molecule has 0 spiro atoms.